The van der Waals surface area contributed by atoms with Crippen LogP contribution in [-0.4, -0.2) is 23.8 Å². The molecule has 0 atom stereocenters. The van der Waals surface area contributed by atoms with Gasteiger partial charge in [-0.1, -0.05) is 23.4 Å². The summed E-state index contributed by atoms with van der Waals surface area (Å²) in [4.78, 5) is 26.7. The Morgan fingerprint density at radius 1 is 1.21 bits per heavy atom. The highest BCUT2D eigenvalue weighted by Gasteiger charge is 2.11. The molecule has 0 bridgehead atoms. The number of benzene rings is 2. The average Bonchev–Trinajstić information content (AvgIpc) is 2.60. The zero-order valence-electron chi connectivity index (χ0n) is 12.8. The van der Waals surface area contributed by atoms with E-state index in [1.54, 1.807) is 24.3 Å². The molecule has 2 aromatic rings. The molecule has 0 saturated carbocycles. The standard InChI is InChI=1S/C16H15N3O5/c1-23-14-5-3-2-4-12(14)10-15(20)24-18-16(17)11-6-8-13(9-7-11)19(21)22/h2-9H,10H2,1H3,(H2,17,18). The van der Waals surface area contributed by atoms with Crippen molar-refractivity contribution in [2.24, 2.45) is 10.9 Å². The number of hydrogen-bond acceptors (Lipinski definition) is 6. The summed E-state index contributed by atoms with van der Waals surface area (Å²) in [5.41, 5.74) is 6.70. The van der Waals surface area contributed by atoms with Crippen molar-refractivity contribution in [1.29, 1.82) is 0 Å². The number of nitrogens with zero attached hydrogens (tertiary/aromatic N) is 2. The van der Waals surface area contributed by atoms with Crippen molar-refractivity contribution < 1.29 is 19.3 Å². The molecule has 0 fully saturated rings. The quantitative estimate of drug-likeness (QED) is 0.285. The summed E-state index contributed by atoms with van der Waals surface area (Å²) in [7, 11) is 1.51. The van der Waals surface area contributed by atoms with E-state index in [4.69, 9.17) is 15.3 Å². The molecule has 0 aromatic heterocycles. The van der Waals surface area contributed by atoms with Crippen molar-refractivity contribution in [3.63, 3.8) is 0 Å². The van der Waals surface area contributed by atoms with Gasteiger partial charge >= 0.3 is 5.97 Å². The van der Waals surface area contributed by atoms with Crippen LogP contribution in [0.3, 0.4) is 0 Å². The Labute approximate surface area is 137 Å². The second-order valence-corrected chi connectivity index (χ2v) is 4.73. The number of nitro groups is 1. The van der Waals surface area contributed by atoms with Crippen LogP contribution in [0, 0.1) is 10.1 Å². The molecule has 8 nitrogen and oxygen atoms in total. The summed E-state index contributed by atoms with van der Waals surface area (Å²) in [6.45, 7) is 0. The fraction of sp³-hybridized carbons (Fsp3) is 0.125. The lowest BCUT2D eigenvalue weighted by atomic mass is 10.1. The number of hydrogen-bond donors (Lipinski definition) is 1. The Kier molecular flexibility index (Phi) is 5.45. The van der Waals surface area contributed by atoms with E-state index in [0.29, 0.717) is 16.9 Å². The number of ether oxygens (including phenoxy) is 1. The first kappa shape index (κ1) is 16.9. The zero-order chi connectivity index (χ0) is 17.5. The minimum absolute atomic E-state index is 0.0267. The Balaban J connectivity index is 2.01. The molecule has 124 valence electrons. The largest absolute Gasteiger partial charge is 0.496 e. The molecule has 0 saturated heterocycles. The summed E-state index contributed by atoms with van der Waals surface area (Å²) in [6.07, 6.45) is -0.0267. The van der Waals surface area contributed by atoms with Crippen molar-refractivity contribution in [3.05, 3.63) is 69.8 Å². The number of nitro benzene ring substituents is 1. The van der Waals surface area contributed by atoms with E-state index in [2.05, 4.69) is 5.16 Å². The summed E-state index contributed by atoms with van der Waals surface area (Å²) in [5, 5.41) is 14.1. The molecule has 0 aliphatic heterocycles. The third kappa shape index (κ3) is 4.29. The number of para-hydroxylation sites is 1. The Morgan fingerprint density at radius 2 is 1.88 bits per heavy atom. The van der Waals surface area contributed by atoms with E-state index in [9.17, 15) is 14.9 Å². The monoisotopic (exact) mass is 329 g/mol. The highest BCUT2D eigenvalue weighted by Crippen LogP contribution is 2.18. The summed E-state index contributed by atoms with van der Waals surface area (Å²) < 4.78 is 5.15. The van der Waals surface area contributed by atoms with E-state index in [1.807, 2.05) is 0 Å². The number of non-ortho nitro benzene ring substituents is 1. The van der Waals surface area contributed by atoms with Gasteiger partial charge in [0.2, 0.25) is 0 Å². The van der Waals surface area contributed by atoms with Gasteiger partial charge in [-0.2, -0.15) is 0 Å². The van der Waals surface area contributed by atoms with Crippen LogP contribution in [0.4, 0.5) is 5.69 Å². The molecule has 0 spiro atoms. The number of methoxy groups -OCH3 is 1. The number of oxime groups is 1. The van der Waals surface area contributed by atoms with Crippen LogP contribution in [0.5, 0.6) is 5.75 Å². The van der Waals surface area contributed by atoms with E-state index >= 15 is 0 Å². The highest BCUT2D eigenvalue weighted by atomic mass is 16.7. The summed E-state index contributed by atoms with van der Waals surface area (Å²) >= 11 is 0. The van der Waals surface area contributed by atoms with Crippen LogP contribution >= 0.6 is 0 Å². The van der Waals surface area contributed by atoms with Gasteiger partial charge in [-0.05, 0) is 18.2 Å². The van der Waals surface area contributed by atoms with E-state index in [1.165, 1.54) is 31.4 Å². The first-order valence-electron chi connectivity index (χ1n) is 6.91. The normalized spacial score (nSPS) is 11.0. The third-order valence-corrected chi connectivity index (χ3v) is 3.15. The molecule has 0 unspecified atom stereocenters. The van der Waals surface area contributed by atoms with Crippen LogP contribution in [0.15, 0.2) is 53.7 Å². The van der Waals surface area contributed by atoms with Crippen LogP contribution in [0.1, 0.15) is 11.1 Å². The topological polar surface area (TPSA) is 117 Å². The van der Waals surface area contributed by atoms with Gasteiger partial charge in [0.25, 0.3) is 5.69 Å². The van der Waals surface area contributed by atoms with Gasteiger partial charge in [-0.3, -0.25) is 10.1 Å². The number of nitrogens with two attached hydrogens (primary N) is 1. The molecule has 0 radical (unpaired) electrons. The lowest BCUT2D eigenvalue weighted by Gasteiger charge is -2.06. The predicted octanol–water partition coefficient (Wildman–Crippen LogP) is 2.01. The van der Waals surface area contributed by atoms with E-state index < -0.39 is 10.9 Å². The van der Waals surface area contributed by atoms with Gasteiger partial charge in [0.1, 0.15) is 5.75 Å². The van der Waals surface area contributed by atoms with Crippen molar-refractivity contribution in [1.82, 2.24) is 0 Å². The van der Waals surface area contributed by atoms with E-state index in [-0.39, 0.29) is 17.9 Å². The molecule has 8 heteroatoms. The lowest BCUT2D eigenvalue weighted by molar-refractivity contribution is -0.384. The molecular formula is C16H15N3O5. The molecule has 2 aromatic carbocycles. The van der Waals surface area contributed by atoms with Gasteiger partial charge in [0, 0.05) is 23.3 Å². The van der Waals surface area contributed by atoms with Crippen molar-refractivity contribution in [2.75, 3.05) is 7.11 Å². The maximum absolute atomic E-state index is 11.8. The molecular weight excluding hydrogens is 314 g/mol. The Bertz CT molecular complexity index is 772. The Hall–Kier alpha value is -3.42. The average molecular weight is 329 g/mol. The smallest absolute Gasteiger partial charge is 0.339 e. The number of carbonyl (C=O) groups is 1. The predicted molar refractivity (Wildman–Crippen MR) is 86.6 cm³/mol. The van der Waals surface area contributed by atoms with Crippen molar-refractivity contribution >= 4 is 17.5 Å². The molecule has 0 aliphatic rings. The minimum atomic E-state index is -0.607. The van der Waals surface area contributed by atoms with Crippen molar-refractivity contribution in [2.45, 2.75) is 6.42 Å². The number of carbonyl (C=O) groups excluding carboxylic acids is 1. The fourth-order valence-electron chi connectivity index (χ4n) is 1.94. The second kappa shape index (κ2) is 7.73. The van der Waals surface area contributed by atoms with Crippen LogP contribution in [0.25, 0.3) is 0 Å². The maximum atomic E-state index is 11.8. The second-order valence-electron chi connectivity index (χ2n) is 4.73. The zero-order valence-corrected chi connectivity index (χ0v) is 12.8. The first-order valence-corrected chi connectivity index (χ1v) is 6.91. The molecule has 0 aliphatic carbocycles. The molecule has 24 heavy (non-hydrogen) atoms. The SMILES string of the molecule is COc1ccccc1CC(=O)ON=C(N)c1ccc([N+](=O)[O-])cc1. The number of amidine groups is 1. The van der Waals surface area contributed by atoms with Gasteiger partial charge in [0.15, 0.2) is 5.84 Å². The van der Waals surface area contributed by atoms with Gasteiger partial charge in [0.05, 0.1) is 18.5 Å². The fourth-order valence-corrected chi connectivity index (χ4v) is 1.94. The van der Waals surface area contributed by atoms with Gasteiger partial charge in [-0.25, -0.2) is 4.79 Å². The van der Waals surface area contributed by atoms with Gasteiger partial charge < -0.3 is 15.3 Å². The van der Waals surface area contributed by atoms with Gasteiger partial charge in [-0.15, -0.1) is 0 Å². The third-order valence-electron chi connectivity index (χ3n) is 3.15. The summed E-state index contributed by atoms with van der Waals surface area (Å²) in [5.74, 6) is -0.0931. The van der Waals surface area contributed by atoms with Crippen LogP contribution < -0.4 is 10.5 Å². The van der Waals surface area contributed by atoms with Crippen LogP contribution in [-0.2, 0) is 16.1 Å². The molecule has 0 amide bonds. The lowest BCUT2D eigenvalue weighted by Crippen LogP contribution is -2.16. The van der Waals surface area contributed by atoms with E-state index in [0.717, 1.165) is 0 Å². The molecule has 0 heterocycles. The molecule has 2 N–H and O–H groups in total. The highest BCUT2D eigenvalue weighted by molar-refractivity contribution is 5.97. The molecule has 2 rings (SSSR count). The number of rotatable bonds is 6. The first-order chi connectivity index (χ1) is 11.5. The van der Waals surface area contributed by atoms with Crippen LogP contribution in [0.2, 0.25) is 0 Å². The Morgan fingerprint density at radius 3 is 2.50 bits per heavy atom. The maximum Gasteiger partial charge on any atom is 0.339 e. The van der Waals surface area contributed by atoms with Crippen molar-refractivity contribution in [3.8, 4) is 5.75 Å². The summed E-state index contributed by atoms with van der Waals surface area (Å²) in [6, 6.07) is 12.5. The minimum Gasteiger partial charge on any atom is -0.496 e.